The Morgan fingerprint density at radius 3 is 2.78 bits per heavy atom. The molecule has 2 aliphatic rings. The van der Waals surface area contributed by atoms with Gasteiger partial charge in [-0.05, 0) is 42.0 Å². The van der Waals surface area contributed by atoms with E-state index < -0.39 is 0 Å². The zero-order chi connectivity index (χ0) is 22.5. The van der Waals surface area contributed by atoms with E-state index in [-0.39, 0.29) is 41.8 Å². The first-order chi connectivity index (χ1) is 15.5. The number of amides is 4. The number of thiophene rings is 1. The number of carbonyl (C=O) groups excluding carboxylic acids is 3. The fraction of sp³-hybridized carbons (Fsp3) is 0.409. The van der Waals surface area contributed by atoms with Gasteiger partial charge in [0, 0.05) is 43.5 Å². The smallest absolute Gasteiger partial charge is 0.319 e. The number of carbonyl (C=O) groups is 3. The van der Waals surface area contributed by atoms with Gasteiger partial charge in [-0.3, -0.25) is 14.5 Å². The van der Waals surface area contributed by atoms with Crippen LogP contribution in [0.25, 0.3) is 0 Å². The monoisotopic (exact) mass is 459 g/mol. The summed E-state index contributed by atoms with van der Waals surface area (Å²) in [5, 5.41) is 15.3. The quantitative estimate of drug-likeness (QED) is 0.509. The summed E-state index contributed by atoms with van der Waals surface area (Å²) in [6.45, 7) is 1.39. The van der Waals surface area contributed by atoms with Gasteiger partial charge in [-0.25, -0.2) is 9.18 Å². The topological polar surface area (TPSA) is 103 Å². The van der Waals surface area contributed by atoms with Gasteiger partial charge in [0.2, 0.25) is 11.8 Å². The fourth-order valence-corrected chi connectivity index (χ4v) is 4.81. The van der Waals surface area contributed by atoms with Crippen molar-refractivity contribution in [1.82, 2.24) is 20.9 Å². The summed E-state index contributed by atoms with van der Waals surface area (Å²) in [5.74, 6) is -0.437. The average Bonchev–Trinajstić information content (AvgIpc) is 3.43. The second-order valence-electron chi connectivity index (χ2n) is 8.10. The lowest BCUT2D eigenvalue weighted by Crippen LogP contribution is -2.58. The highest BCUT2D eigenvalue weighted by molar-refractivity contribution is 7.08. The second kappa shape index (κ2) is 10.1. The molecular formula is C22H26FN5O3S. The van der Waals surface area contributed by atoms with Gasteiger partial charge in [0.1, 0.15) is 5.82 Å². The van der Waals surface area contributed by atoms with Crippen LogP contribution in [-0.2, 0) is 16.1 Å². The van der Waals surface area contributed by atoms with Crippen molar-refractivity contribution < 1.29 is 18.8 Å². The maximum atomic E-state index is 13.0. The SMILES string of the molecule is O=C(CC[C@@H]1CNC(=O)[C@@H]2C[C@H](NC(=O)Nc3ccsc3)CN12)NCc1ccc(F)cc1. The van der Waals surface area contributed by atoms with E-state index in [0.29, 0.717) is 38.9 Å². The highest BCUT2D eigenvalue weighted by Gasteiger charge is 2.43. The minimum Gasteiger partial charge on any atom is -0.353 e. The Morgan fingerprint density at radius 2 is 2.03 bits per heavy atom. The average molecular weight is 460 g/mol. The molecule has 0 saturated carbocycles. The maximum Gasteiger partial charge on any atom is 0.319 e. The minimum atomic E-state index is -0.309. The number of nitrogens with zero attached hydrogens (tertiary/aromatic N) is 1. The molecule has 3 atom stereocenters. The van der Waals surface area contributed by atoms with Crippen molar-refractivity contribution in [2.24, 2.45) is 0 Å². The predicted molar refractivity (Wildman–Crippen MR) is 120 cm³/mol. The van der Waals surface area contributed by atoms with Gasteiger partial charge in [0.05, 0.1) is 11.7 Å². The molecule has 1 aromatic carbocycles. The first-order valence-corrected chi connectivity index (χ1v) is 11.6. The fourth-order valence-electron chi connectivity index (χ4n) is 4.23. The summed E-state index contributed by atoms with van der Waals surface area (Å²) in [6.07, 6.45) is 1.46. The number of hydrogen-bond acceptors (Lipinski definition) is 5. The Hall–Kier alpha value is -2.98. The Morgan fingerprint density at radius 1 is 1.22 bits per heavy atom. The Labute approximate surface area is 189 Å². The largest absolute Gasteiger partial charge is 0.353 e. The van der Waals surface area contributed by atoms with E-state index in [0.717, 1.165) is 11.3 Å². The predicted octanol–water partition coefficient (Wildman–Crippen LogP) is 2.05. The van der Waals surface area contributed by atoms with Crippen LogP contribution < -0.4 is 21.3 Å². The van der Waals surface area contributed by atoms with Crippen LogP contribution in [-0.4, -0.2) is 54.0 Å². The van der Waals surface area contributed by atoms with Crippen molar-refractivity contribution >= 4 is 34.9 Å². The molecule has 2 aromatic rings. The summed E-state index contributed by atoms with van der Waals surface area (Å²) >= 11 is 1.50. The molecule has 4 rings (SSSR count). The number of hydrogen-bond donors (Lipinski definition) is 4. The first kappa shape index (κ1) is 22.2. The zero-order valence-corrected chi connectivity index (χ0v) is 18.3. The molecule has 4 N–H and O–H groups in total. The molecule has 4 amide bonds. The van der Waals surface area contributed by atoms with E-state index in [9.17, 15) is 18.8 Å². The molecule has 0 bridgehead atoms. The number of halogens is 1. The van der Waals surface area contributed by atoms with Crippen LogP contribution in [0.2, 0.25) is 0 Å². The van der Waals surface area contributed by atoms with Gasteiger partial charge < -0.3 is 21.3 Å². The van der Waals surface area contributed by atoms with Crippen LogP contribution in [0.1, 0.15) is 24.8 Å². The summed E-state index contributed by atoms with van der Waals surface area (Å²) < 4.78 is 13.0. The lowest BCUT2D eigenvalue weighted by atomic mass is 10.0. The molecule has 32 heavy (non-hydrogen) atoms. The molecule has 8 nitrogen and oxygen atoms in total. The van der Waals surface area contributed by atoms with Crippen LogP contribution in [0.3, 0.4) is 0 Å². The summed E-state index contributed by atoms with van der Waals surface area (Å²) in [6, 6.07) is 7.14. The summed E-state index contributed by atoms with van der Waals surface area (Å²) in [4.78, 5) is 39.0. The molecule has 2 aliphatic heterocycles. The molecular weight excluding hydrogens is 433 g/mol. The van der Waals surface area contributed by atoms with Gasteiger partial charge in [-0.2, -0.15) is 11.3 Å². The third kappa shape index (κ3) is 5.63. The standard InChI is InChI=1S/C22H26FN5O3S/c23-15-3-1-14(2-4-15)10-24-20(29)6-5-18-11-25-21(30)19-9-17(12-28(18)19)27-22(31)26-16-7-8-32-13-16/h1-4,7-8,13,17-19H,5-6,9-12H2,(H,24,29)(H,25,30)(H2,26,27,31)/t17-,18+,19-/m0/s1. The van der Waals surface area contributed by atoms with E-state index in [1.54, 1.807) is 12.1 Å². The van der Waals surface area contributed by atoms with Crippen molar-refractivity contribution in [3.05, 3.63) is 52.5 Å². The van der Waals surface area contributed by atoms with E-state index in [2.05, 4.69) is 26.2 Å². The van der Waals surface area contributed by atoms with E-state index in [1.165, 1.54) is 23.5 Å². The lowest BCUT2D eigenvalue weighted by Gasteiger charge is -2.37. The molecule has 0 spiro atoms. The lowest BCUT2D eigenvalue weighted by molar-refractivity contribution is -0.129. The van der Waals surface area contributed by atoms with Crippen LogP contribution in [0.5, 0.6) is 0 Å². The molecule has 3 heterocycles. The number of urea groups is 1. The van der Waals surface area contributed by atoms with Crippen LogP contribution in [0.15, 0.2) is 41.1 Å². The van der Waals surface area contributed by atoms with Crippen LogP contribution >= 0.6 is 11.3 Å². The molecule has 2 saturated heterocycles. The number of benzene rings is 1. The second-order valence-corrected chi connectivity index (χ2v) is 8.88. The van der Waals surface area contributed by atoms with Gasteiger partial charge in [0.15, 0.2) is 0 Å². The number of fused-ring (bicyclic) bond motifs is 1. The molecule has 0 aliphatic carbocycles. The molecule has 1 aromatic heterocycles. The highest BCUT2D eigenvalue weighted by Crippen LogP contribution is 2.26. The van der Waals surface area contributed by atoms with Crippen molar-refractivity contribution in [3.63, 3.8) is 0 Å². The van der Waals surface area contributed by atoms with Crippen LogP contribution in [0, 0.1) is 5.82 Å². The third-order valence-corrected chi connectivity index (χ3v) is 6.53. The Balaban J connectivity index is 1.25. The van der Waals surface area contributed by atoms with Gasteiger partial charge in [-0.15, -0.1) is 0 Å². The van der Waals surface area contributed by atoms with E-state index in [4.69, 9.17) is 0 Å². The van der Waals surface area contributed by atoms with Crippen molar-refractivity contribution in [2.45, 2.75) is 43.9 Å². The highest BCUT2D eigenvalue weighted by atomic mass is 32.1. The summed E-state index contributed by atoms with van der Waals surface area (Å²) in [5.41, 5.74) is 1.57. The molecule has 0 radical (unpaired) electrons. The van der Waals surface area contributed by atoms with Crippen molar-refractivity contribution in [1.29, 1.82) is 0 Å². The minimum absolute atomic E-state index is 0.0287. The summed E-state index contributed by atoms with van der Waals surface area (Å²) in [7, 11) is 0. The van der Waals surface area contributed by atoms with Crippen molar-refractivity contribution in [3.8, 4) is 0 Å². The maximum absolute atomic E-state index is 13.0. The Bertz CT molecular complexity index is 953. The molecule has 0 unspecified atom stereocenters. The van der Waals surface area contributed by atoms with E-state index >= 15 is 0 Å². The number of rotatable bonds is 7. The third-order valence-electron chi connectivity index (χ3n) is 5.84. The van der Waals surface area contributed by atoms with E-state index in [1.807, 2.05) is 16.8 Å². The van der Waals surface area contributed by atoms with Crippen molar-refractivity contribution in [2.75, 3.05) is 18.4 Å². The molecule has 10 heteroatoms. The number of nitrogens with one attached hydrogen (secondary N) is 4. The molecule has 170 valence electrons. The number of anilines is 1. The normalized spacial score (nSPS) is 22.7. The van der Waals surface area contributed by atoms with Crippen LogP contribution in [0.4, 0.5) is 14.9 Å². The van der Waals surface area contributed by atoms with Gasteiger partial charge in [0.25, 0.3) is 0 Å². The van der Waals surface area contributed by atoms with Gasteiger partial charge >= 0.3 is 6.03 Å². The zero-order valence-electron chi connectivity index (χ0n) is 17.5. The number of piperazine rings is 1. The molecule has 2 fully saturated rings. The van der Waals surface area contributed by atoms with Gasteiger partial charge in [-0.1, -0.05) is 12.1 Å². The Kier molecular flexibility index (Phi) is 7.01. The first-order valence-electron chi connectivity index (χ1n) is 10.6.